The molecule has 0 fully saturated rings. The molecule has 8 rings (SSSR count). The van der Waals surface area contributed by atoms with Gasteiger partial charge in [-0.25, -0.2) is 19.2 Å². The van der Waals surface area contributed by atoms with Crippen LogP contribution < -0.4 is 0 Å². The summed E-state index contributed by atoms with van der Waals surface area (Å²) in [5.74, 6) is -4.42. The SMILES string of the molecule is O=C(O)c1ccc(C(=O)c2ccccc2)cc1.O=C(O)c1ccc(C(=O)c2ccccc2)cc1.O=C(O)c1ccc(C(=O)c2ccccc2)cc1.O=C(O)c1ccc(C(=O)c2ccccc2)cc1.OCC(CO)(CO)CO. The zero-order chi connectivity index (χ0) is 56.3. The summed E-state index contributed by atoms with van der Waals surface area (Å²) in [7, 11) is 0. The second-order valence-corrected chi connectivity index (χ2v) is 16.4. The van der Waals surface area contributed by atoms with E-state index < -0.39 is 55.7 Å². The summed E-state index contributed by atoms with van der Waals surface area (Å²) in [6.45, 7) is -1.62. The highest BCUT2D eigenvalue weighted by molar-refractivity contribution is 6.11. The summed E-state index contributed by atoms with van der Waals surface area (Å²) >= 11 is 0. The summed E-state index contributed by atoms with van der Waals surface area (Å²) in [5, 5.41) is 69.0. The highest BCUT2D eigenvalue weighted by Crippen LogP contribution is 2.16. The van der Waals surface area contributed by atoms with Crippen LogP contribution in [0.1, 0.15) is 105 Å². The van der Waals surface area contributed by atoms with Gasteiger partial charge >= 0.3 is 23.9 Å². The maximum absolute atomic E-state index is 12.0. The molecule has 0 radical (unpaired) electrons. The third-order valence-corrected chi connectivity index (χ3v) is 11.1. The Morgan fingerprint density at radius 3 is 0.468 bits per heavy atom. The quantitative estimate of drug-likeness (QED) is 0.0421. The van der Waals surface area contributed by atoms with E-state index >= 15 is 0 Å². The molecule has 0 aliphatic rings. The first-order valence-electron chi connectivity index (χ1n) is 23.1. The molecule has 392 valence electrons. The van der Waals surface area contributed by atoms with Crippen LogP contribution in [0.4, 0.5) is 0 Å². The fourth-order valence-electron chi connectivity index (χ4n) is 6.38. The highest BCUT2D eigenvalue weighted by Gasteiger charge is 2.26. The van der Waals surface area contributed by atoms with Crippen LogP contribution in [0.5, 0.6) is 0 Å². The van der Waals surface area contributed by atoms with Crippen molar-refractivity contribution in [1.29, 1.82) is 0 Å². The molecule has 0 amide bonds. The average molecular weight is 1040 g/mol. The molecule has 8 N–H and O–H groups in total. The van der Waals surface area contributed by atoms with E-state index in [0.717, 1.165) is 0 Å². The normalized spacial score (nSPS) is 10.1. The van der Waals surface area contributed by atoms with Crippen molar-refractivity contribution in [2.45, 2.75) is 0 Å². The summed E-state index contributed by atoms with van der Waals surface area (Å²) in [5.41, 5.74) is 3.91. The van der Waals surface area contributed by atoms with Gasteiger partial charge in [-0.2, -0.15) is 0 Å². The molecule has 0 saturated heterocycles. The molecule has 8 aromatic carbocycles. The molecule has 0 saturated carbocycles. The van der Waals surface area contributed by atoms with Crippen molar-refractivity contribution in [3.63, 3.8) is 0 Å². The number of hydrogen-bond donors (Lipinski definition) is 8. The van der Waals surface area contributed by atoms with Gasteiger partial charge in [-0.3, -0.25) is 19.2 Å². The number of ketones is 4. The van der Waals surface area contributed by atoms with Crippen LogP contribution in [0.2, 0.25) is 0 Å². The molecule has 0 spiro atoms. The number of carbonyl (C=O) groups excluding carboxylic acids is 4. The summed E-state index contributed by atoms with van der Waals surface area (Å²) < 4.78 is 0. The van der Waals surface area contributed by atoms with E-state index in [-0.39, 0.29) is 45.4 Å². The maximum Gasteiger partial charge on any atom is 0.335 e. The standard InChI is InChI=1S/4C14H10O3.C5H12O4/c4*15-13(10-4-2-1-3-5-10)11-6-8-12(9-7-11)14(16)17;6-1-5(2-7,3-8)4-9/h4*1-9H,(H,16,17);6-9H,1-4H2. The zero-order valence-corrected chi connectivity index (χ0v) is 41.0. The van der Waals surface area contributed by atoms with E-state index in [4.69, 9.17) is 40.9 Å². The first-order chi connectivity index (χ1) is 37.0. The summed E-state index contributed by atoms with van der Waals surface area (Å²) in [4.78, 5) is 90.6. The maximum atomic E-state index is 12.0. The van der Waals surface area contributed by atoms with E-state index in [2.05, 4.69) is 0 Å². The van der Waals surface area contributed by atoms with Gasteiger partial charge in [0.2, 0.25) is 0 Å². The summed E-state index contributed by atoms with van der Waals surface area (Å²) in [6, 6.07) is 59.2. The van der Waals surface area contributed by atoms with Crippen molar-refractivity contribution in [3.05, 3.63) is 285 Å². The molecule has 77 heavy (non-hydrogen) atoms. The smallest absolute Gasteiger partial charge is 0.335 e. The highest BCUT2D eigenvalue weighted by atomic mass is 16.4. The second kappa shape index (κ2) is 30.4. The van der Waals surface area contributed by atoms with Crippen LogP contribution in [0, 0.1) is 5.41 Å². The fourth-order valence-corrected chi connectivity index (χ4v) is 6.38. The minimum atomic E-state index is -1.11. The Hall–Kier alpha value is -9.84. The number of benzene rings is 8. The minimum Gasteiger partial charge on any atom is -0.478 e. The predicted octanol–water partition coefficient (Wildman–Crippen LogP) is 8.41. The van der Waals surface area contributed by atoms with Crippen molar-refractivity contribution >= 4 is 47.0 Å². The number of aromatic carboxylic acids is 4. The Morgan fingerprint density at radius 1 is 0.221 bits per heavy atom. The van der Waals surface area contributed by atoms with Gasteiger partial charge in [-0.05, 0) is 48.5 Å². The Morgan fingerprint density at radius 2 is 0.351 bits per heavy atom. The van der Waals surface area contributed by atoms with Gasteiger partial charge in [0.15, 0.2) is 23.1 Å². The first kappa shape index (κ1) is 59.7. The van der Waals surface area contributed by atoms with Gasteiger partial charge in [-0.1, -0.05) is 170 Å². The zero-order valence-electron chi connectivity index (χ0n) is 41.0. The molecule has 0 heterocycles. The minimum absolute atomic E-state index is 0.109. The third-order valence-electron chi connectivity index (χ3n) is 11.1. The number of carboxylic acids is 4. The second-order valence-electron chi connectivity index (χ2n) is 16.4. The van der Waals surface area contributed by atoms with Gasteiger partial charge in [-0.15, -0.1) is 0 Å². The van der Waals surface area contributed by atoms with E-state index in [0.29, 0.717) is 44.5 Å². The molecule has 0 atom stereocenters. The van der Waals surface area contributed by atoms with Crippen LogP contribution in [0.3, 0.4) is 0 Å². The Labute approximate surface area is 441 Å². The molecule has 0 aliphatic heterocycles. The number of carbonyl (C=O) groups is 8. The molecule has 0 aliphatic carbocycles. The lowest BCUT2D eigenvalue weighted by atomic mass is 9.93. The van der Waals surface area contributed by atoms with Crippen molar-refractivity contribution in [2.24, 2.45) is 5.41 Å². The van der Waals surface area contributed by atoms with Crippen molar-refractivity contribution in [1.82, 2.24) is 0 Å². The topological polar surface area (TPSA) is 298 Å². The largest absolute Gasteiger partial charge is 0.478 e. The van der Waals surface area contributed by atoms with Gasteiger partial charge < -0.3 is 40.9 Å². The molecule has 0 unspecified atom stereocenters. The van der Waals surface area contributed by atoms with Crippen LogP contribution >= 0.6 is 0 Å². The van der Waals surface area contributed by atoms with Crippen molar-refractivity contribution < 1.29 is 79.2 Å². The summed E-state index contributed by atoms with van der Waals surface area (Å²) in [6.07, 6.45) is 0. The molecule has 0 bridgehead atoms. The van der Waals surface area contributed by atoms with Crippen LogP contribution in [0.25, 0.3) is 0 Å². The Kier molecular flexibility index (Phi) is 23.6. The van der Waals surface area contributed by atoms with Crippen LogP contribution in [0.15, 0.2) is 218 Å². The van der Waals surface area contributed by atoms with Crippen molar-refractivity contribution in [2.75, 3.05) is 26.4 Å². The number of carboxylic acid groups (broad SMARTS) is 4. The average Bonchev–Trinajstić information content (AvgIpc) is 3.48. The molecule has 16 nitrogen and oxygen atoms in total. The van der Waals surface area contributed by atoms with Crippen molar-refractivity contribution in [3.8, 4) is 0 Å². The molecule has 0 aromatic heterocycles. The van der Waals surface area contributed by atoms with E-state index in [1.54, 1.807) is 97.1 Å². The Balaban J connectivity index is 0.000000211. The van der Waals surface area contributed by atoms with Gasteiger partial charge in [0.25, 0.3) is 0 Å². The molecular formula is C61H52O16. The van der Waals surface area contributed by atoms with E-state index in [1.807, 2.05) is 24.3 Å². The molecule has 16 heteroatoms. The molecule has 8 aromatic rings. The van der Waals surface area contributed by atoms with Crippen LogP contribution in [-0.4, -0.2) is 114 Å². The van der Waals surface area contributed by atoms with Gasteiger partial charge in [0.1, 0.15) is 0 Å². The lowest BCUT2D eigenvalue weighted by Gasteiger charge is -2.23. The van der Waals surface area contributed by atoms with E-state index in [9.17, 15) is 38.4 Å². The monoisotopic (exact) mass is 1040 g/mol. The lowest BCUT2D eigenvalue weighted by molar-refractivity contribution is -0.0328. The van der Waals surface area contributed by atoms with Gasteiger partial charge in [0.05, 0.1) is 54.1 Å². The number of aliphatic hydroxyl groups is 4. The van der Waals surface area contributed by atoms with E-state index in [1.165, 1.54) is 97.1 Å². The number of aliphatic hydroxyl groups excluding tert-OH is 4. The number of hydrogen-bond acceptors (Lipinski definition) is 12. The lowest BCUT2D eigenvalue weighted by Crippen LogP contribution is -2.37. The number of rotatable bonds is 16. The Bertz CT molecular complexity index is 2760. The van der Waals surface area contributed by atoms with Crippen LogP contribution in [-0.2, 0) is 0 Å². The fraction of sp³-hybridized carbons (Fsp3) is 0.0820. The first-order valence-corrected chi connectivity index (χ1v) is 23.1. The third kappa shape index (κ3) is 18.3. The predicted molar refractivity (Wildman–Crippen MR) is 284 cm³/mol. The van der Waals surface area contributed by atoms with Gasteiger partial charge in [0, 0.05) is 44.5 Å². The molecular weight excluding hydrogens is 989 g/mol.